The van der Waals surface area contributed by atoms with Crippen LogP contribution in [0, 0.1) is 5.92 Å². The Bertz CT molecular complexity index is 1240. The summed E-state index contributed by atoms with van der Waals surface area (Å²) in [6, 6.07) is 5.25. The van der Waals surface area contributed by atoms with Gasteiger partial charge in [-0.2, -0.15) is 0 Å². The van der Waals surface area contributed by atoms with Gasteiger partial charge in [-0.25, -0.2) is 0 Å². The maximum atomic E-state index is 12.4. The number of esters is 4. The van der Waals surface area contributed by atoms with Crippen LogP contribution in [0.1, 0.15) is 45.7 Å². The molecule has 1 aromatic rings. The second kappa shape index (κ2) is 12.3. The molecular weight excluding hydrogens is 546 g/mol. The SMILES string of the molecule is CC(=O)OC[C@@H]1O[C@@H](NC(=S)N2C[C@H]3C[C@@H](C2)c2cccc(=O)n2C3)[C@@H](OC(C)=O)[C@@H](OC(C)=O)[C@@H]1OC(C)=O. The molecular formula is C26H33N3O10S. The number of hydrogen-bond donors (Lipinski definition) is 1. The van der Waals surface area contributed by atoms with E-state index < -0.39 is 54.5 Å². The summed E-state index contributed by atoms with van der Waals surface area (Å²) in [6.07, 6.45) is -5.11. The molecule has 4 heterocycles. The van der Waals surface area contributed by atoms with Crippen molar-refractivity contribution >= 4 is 41.2 Å². The summed E-state index contributed by atoms with van der Waals surface area (Å²) >= 11 is 5.74. The molecule has 40 heavy (non-hydrogen) atoms. The van der Waals surface area contributed by atoms with Gasteiger partial charge in [0.25, 0.3) is 5.56 Å². The van der Waals surface area contributed by atoms with Crippen molar-refractivity contribution in [2.45, 2.75) is 77.2 Å². The number of carbonyl (C=O) groups is 4. The predicted molar refractivity (Wildman–Crippen MR) is 141 cm³/mol. The number of carbonyl (C=O) groups excluding carboxylic acids is 4. The fourth-order valence-electron chi connectivity index (χ4n) is 5.62. The minimum atomic E-state index is -1.29. The van der Waals surface area contributed by atoms with Gasteiger partial charge in [-0.05, 0) is 30.6 Å². The van der Waals surface area contributed by atoms with Crippen LogP contribution in [0.4, 0.5) is 0 Å². The second-order valence-electron chi connectivity index (χ2n) is 10.2. The molecule has 0 spiro atoms. The van der Waals surface area contributed by atoms with Gasteiger partial charge in [-0.3, -0.25) is 24.0 Å². The van der Waals surface area contributed by atoms with Crippen LogP contribution in [-0.4, -0.2) is 88.8 Å². The highest BCUT2D eigenvalue weighted by Gasteiger charge is 2.52. The molecule has 0 aliphatic carbocycles. The zero-order chi connectivity index (χ0) is 29.1. The lowest BCUT2D eigenvalue weighted by molar-refractivity contribution is -0.255. The highest BCUT2D eigenvalue weighted by Crippen LogP contribution is 2.35. The Balaban J connectivity index is 1.59. The summed E-state index contributed by atoms with van der Waals surface area (Å²) in [5.74, 6) is -2.46. The maximum absolute atomic E-state index is 12.4. The molecule has 3 aliphatic rings. The van der Waals surface area contributed by atoms with Crippen LogP contribution >= 0.6 is 12.2 Å². The Labute approximate surface area is 236 Å². The van der Waals surface area contributed by atoms with Gasteiger partial charge in [-0.15, -0.1) is 0 Å². The molecule has 2 saturated heterocycles. The number of nitrogens with zero attached hydrogens (tertiary/aromatic N) is 2. The molecule has 1 N–H and O–H groups in total. The van der Waals surface area contributed by atoms with E-state index in [0.29, 0.717) is 24.7 Å². The standard InChI is InChI=1S/C26H33N3O10S/c1-13(30)35-12-20-22(36-14(2)31)23(37-15(3)32)24(38-16(4)33)25(39-20)27-26(40)28-9-17-8-18(11-28)19-6-5-7-21(34)29(19)10-17/h5-7,17-18,20,22-25H,8-12H2,1-4H3,(H,27,40)/t17-,18+,20+,22-,23+,24+,25-/m1/s1. The zero-order valence-corrected chi connectivity index (χ0v) is 23.5. The van der Waals surface area contributed by atoms with Crippen LogP contribution in [0.2, 0.25) is 0 Å². The third-order valence-corrected chi connectivity index (χ3v) is 7.40. The summed E-state index contributed by atoms with van der Waals surface area (Å²) in [4.78, 5) is 62.0. The molecule has 0 saturated carbocycles. The molecule has 1 aromatic heterocycles. The number of thiocarbonyl (C=S) groups is 1. The number of hydrogen-bond acceptors (Lipinski definition) is 11. The smallest absolute Gasteiger partial charge is 0.303 e. The lowest BCUT2D eigenvalue weighted by Gasteiger charge is -2.47. The third kappa shape index (κ3) is 6.78. The van der Waals surface area contributed by atoms with Crippen molar-refractivity contribution in [1.82, 2.24) is 14.8 Å². The number of rotatable bonds is 6. The zero-order valence-electron chi connectivity index (χ0n) is 22.7. The van der Waals surface area contributed by atoms with Gasteiger partial charge in [0.2, 0.25) is 0 Å². The Morgan fingerprint density at radius 1 is 0.925 bits per heavy atom. The lowest BCUT2D eigenvalue weighted by Crippen LogP contribution is -2.67. The molecule has 2 fully saturated rings. The summed E-state index contributed by atoms with van der Waals surface area (Å²) < 4.78 is 29.4. The van der Waals surface area contributed by atoms with Gasteiger partial charge >= 0.3 is 23.9 Å². The van der Waals surface area contributed by atoms with Crippen molar-refractivity contribution in [3.05, 3.63) is 34.2 Å². The summed E-state index contributed by atoms with van der Waals surface area (Å²) in [6.45, 7) is 6.07. The first-order valence-corrected chi connectivity index (χ1v) is 13.4. The molecule has 2 bridgehead atoms. The Morgan fingerprint density at radius 2 is 1.57 bits per heavy atom. The second-order valence-corrected chi connectivity index (χ2v) is 10.6. The van der Waals surface area contributed by atoms with Gasteiger partial charge in [0.05, 0.1) is 0 Å². The van der Waals surface area contributed by atoms with Crippen LogP contribution in [0.3, 0.4) is 0 Å². The molecule has 3 aliphatic heterocycles. The minimum absolute atomic E-state index is 0.0288. The van der Waals surface area contributed by atoms with Gasteiger partial charge < -0.3 is 38.5 Å². The van der Waals surface area contributed by atoms with E-state index in [-0.39, 0.29) is 24.0 Å². The van der Waals surface area contributed by atoms with Gasteiger partial charge in [-0.1, -0.05) is 6.07 Å². The average molecular weight is 580 g/mol. The molecule has 218 valence electrons. The highest BCUT2D eigenvalue weighted by molar-refractivity contribution is 7.80. The molecule has 4 rings (SSSR count). The first-order valence-electron chi connectivity index (χ1n) is 13.0. The van der Waals surface area contributed by atoms with E-state index in [0.717, 1.165) is 26.0 Å². The number of aromatic nitrogens is 1. The van der Waals surface area contributed by atoms with Crippen LogP contribution in [0.25, 0.3) is 0 Å². The van der Waals surface area contributed by atoms with E-state index in [1.807, 2.05) is 15.5 Å². The normalized spacial score (nSPS) is 28.9. The number of likely N-dealkylation sites (tertiary alicyclic amines) is 1. The molecule has 14 heteroatoms. The minimum Gasteiger partial charge on any atom is -0.463 e. The molecule has 0 radical (unpaired) electrons. The number of ether oxygens (including phenoxy) is 5. The maximum Gasteiger partial charge on any atom is 0.303 e. The first-order chi connectivity index (χ1) is 18.9. The van der Waals surface area contributed by atoms with Crippen LogP contribution in [0.5, 0.6) is 0 Å². The molecule has 0 aromatic carbocycles. The largest absolute Gasteiger partial charge is 0.463 e. The molecule has 0 amide bonds. The van der Waals surface area contributed by atoms with Gasteiger partial charge in [0.1, 0.15) is 12.7 Å². The third-order valence-electron chi connectivity index (χ3n) is 7.02. The van der Waals surface area contributed by atoms with E-state index >= 15 is 0 Å². The van der Waals surface area contributed by atoms with Crippen molar-refractivity contribution in [3.63, 3.8) is 0 Å². The van der Waals surface area contributed by atoms with Crippen molar-refractivity contribution in [2.24, 2.45) is 5.92 Å². The van der Waals surface area contributed by atoms with Gasteiger partial charge in [0, 0.05) is 65.0 Å². The fourth-order valence-corrected chi connectivity index (χ4v) is 5.89. The Hall–Kier alpha value is -3.52. The Kier molecular flexibility index (Phi) is 9.08. The number of nitrogens with one attached hydrogen (secondary N) is 1. The van der Waals surface area contributed by atoms with Crippen LogP contribution in [-0.2, 0) is 49.4 Å². The van der Waals surface area contributed by atoms with E-state index in [4.69, 9.17) is 35.9 Å². The first kappa shape index (κ1) is 29.5. The van der Waals surface area contributed by atoms with Crippen molar-refractivity contribution in [3.8, 4) is 0 Å². The summed E-state index contributed by atoms with van der Waals surface area (Å²) in [5.41, 5.74) is 0.919. The summed E-state index contributed by atoms with van der Waals surface area (Å²) in [5, 5.41) is 3.37. The number of pyridine rings is 1. The predicted octanol–water partition coefficient (Wildman–Crippen LogP) is 0.225. The fraction of sp³-hybridized carbons (Fsp3) is 0.615. The summed E-state index contributed by atoms with van der Waals surface area (Å²) in [7, 11) is 0. The van der Waals surface area contributed by atoms with Crippen molar-refractivity contribution in [1.29, 1.82) is 0 Å². The van der Waals surface area contributed by atoms with Crippen LogP contribution in [0.15, 0.2) is 23.0 Å². The molecule has 13 nitrogen and oxygen atoms in total. The van der Waals surface area contributed by atoms with Crippen molar-refractivity contribution < 1.29 is 42.9 Å². The Morgan fingerprint density at radius 3 is 2.23 bits per heavy atom. The highest BCUT2D eigenvalue weighted by atomic mass is 32.1. The average Bonchev–Trinajstić information content (AvgIpc) is 2.86. The van der Waals surface area contributed by atoms with E-state index in [1.54, 1.807) is 12.1 Å². The monoisotopic (exact) mass is 579 g/mol. The lowest BCUT2D eigenvalue weighted by atomic mass is 9.83. The van der Waals surface area contributed by atoms with E-state index in [9.17, 15) is 24.0 Å². The van der Waals surface area contributed by atoms with E-state index in [1.165, 1.54) is 13.8 Å². The topological polar surface area (TPSA) is 152 Å². The number of piperidine rings is 1. The van der Waals surface area contributed by atoms with Gasteiger partial charge in [0.15, 0.2) is 29.7 Å². The molecule has 0 unspecified atom stereocenters. The van der Waals surface area contributed by atoms with E-state index in [2.05, 4.69) is 5.32 Å². The van der Waals surface area contributed by atoms with Crippen LogP contribution < -0.4 is 10.9 Å². The van der Waals surface area contributed by atoms with Crippen molar-refractivity contribution in [2.75, 3.05) is 19.7 Å². The molecule has 7 atom stereocenters. The quantitative estimate of drug-likeness (QED) is 0.278. The number of fused-ring (bicyclic) bond motifs is 4.